The van der Waals surface area contributed by atoms with Crippen LogP contribution in [0.1, 0.15) is 38.3 Å². The van der Waals surface area contributed by atoms with E-state index in [-0.39, 0.29) is 17.2 Å². The van der Waals surface area contributed by atoms with E-state index in [0.717, 1.165) is 23.0 Å². The molecule has 1 aliphatic heterocycles. The quantitative estimate of drug-likeness (QED) is 0.756. The summed E-state index contributed by atoms with van der Waals surface area (Å²) in [6, 6.07) is 5.10. The highest BCUT2D eigenvalue weighted by Gasteiger charge is 2.23. The van der Waals surface area contributed by atoms with Crippen molar-refractivity contribution in [1.29, 1.82) is 0 Å². The normalized spacial score (nSPS) is 17.0. The molecule has 1 fully saturated rings. The lowest BCUT2D eigenvalue weighted by molar-refractivity contribution is -0.120. The SMILES string of the molecule is CC(SC(=S)N1CCCC1)C(=O)NC(C)c1ccc(Cl)cc1Cl. The Hall–Kier alpha value is -0.490. The molecule has 2 unspecified atom stereocenters. The van der Waals surface area contributed by atoms with Crippen molar-refractivity contribution in [2.75, 3.05) is 13.1 Å². The van der Waals surface area contributed by atoms with Gasteiger partial charge in [-0.2, -0.15) is 0 Å². The average molecular weight is 391 g/mol. The second kappa shape index (κ2) is 8.56. The lowest BCUT2D eigenvalue weighted by atomic mass is 10.1. The molecule has 7 heteroatoms. The van der Waals surface area contributed by atoms with Crippen LogP contribution in [0.5, 0.6) is 0 Å². The summed E-state index contributed by atoms with van der Waals surface area (Å²) in [6.45, 7) is 5.77. The van der Waals surface area contributed by atoms with Gasteiger partial charge in [0, 0.05) is 23.1 Å². The Labute approximate surface area is 157 Å². The molecule has 126 valence electrons. The first-order chi connectivity index (χ1) is 10.9. The van der Waals surface area contributed by atoms with Gasteiger partial charge < -0.3 is 10.2 Å². The highest BCUT2D eigenvalue weighted by Crippen LogP contribution is 2.27. The number of carbonyl (C=O) groups is 1. The summed E-state index contributed by atoms with van der Waals surface area (Å²) in [6.07, 6.45) is 2.35. The molecule has 0 bridgehead atoms. The van der Waals surface area contributed by atoms with Crippen LogP contribution in [0.15, 0.2) is 18.2 Å². The van der Waals surface area contributed by atoms with Crippen LogP contribution in [0.25, 0.3) is 0 Å². The zero-order chi connectivity index (χ0) is 17.0. The number of likely N-dealkylation sites (tertiary alicyclic amines) is 1. The first kappa shape index (κ1) is 18.8. The van der Waals surface area contributed by atoms with Crippen LogP contribution in [0.2, 0.25) is 10.0 Å². The van der Waals surface area contributed by atoms with Crippen molar-refractivity contribution < 1.29 is 4.79 Å². The first-order valence-electron chi connectivity index (χ1n) is 7.59. The van der Waals surface area contributed by atoms with E-state index in [2.05, 4.69) is 10.2 Å². The summed E-state index contributed by atoms with van der Waals surface area (Å²) < 4.78 is 0.808. The highest BCUT2D eigenvalue weighted by molar-refractivity contribution is 8.23. The van der Waals surface area contributed by atoms with E-state index in [1.165, 1.54) is 24.6 Å². The van der Waals surface area contributed by atoms with Gasteiger partial charge in [-0.3, -0.25) is 4.79 Å². The zero-order valence-electron chi connectivity index (χ0n) is 13.1. The summed E-state index contributed by atoms with van der Waals surface area (Å²) in [7, 11) is 0. The van der Waals surface area contributed by atoms with Gasteiger partial charge in [-0.1, -0.05) is 53.2 Å². The number of thioether (sulfide) groups is 1. The second-order valence-corrected chi connectivity index (χ2v) is 8.43. The van der Waals surface area contributed by atoms with Crippen LogP contribution in [-0.4, -0.2) is 33.5 Å². The Morgan fingerprint density at radius 3 is 2.57 bits per heavy atom. The van der Waals surface area contributed by atoms with E-state index < -0.39 is 0 Å². The maximum atomic E-state index is 12.4. The second-order valence-electron chi connectivity index (χ2n) is 5.62. The van der Waals surface area contributed by atoms with Gasteiger partial charge in [0.05, 0.1) is 11.3 Å². The number of nitrogens with zero attached hydrogens (tertiary/aromatic N) is 1. The van der Waals surface area contributed by atoms with Gasteiger partial charge in [0.1, 0.15) is 4.32 Å². The molecule has 1 aromatic rings. The molecular weight excluding hydrogens is 371 g/mol. The number of thiocarbonyl (C=S) groups is 1. The van der Waals surface area contributed by atoms with E-state index >= 15 is 0 Å². The number of benzene rings is 1. The number of hydrogen-bond acceptors (Lipinski definition) is 3. The fraction of sp³-hybridized carbons (Fsp3) is 0.500. The fourth-order valence-corrected chi connectivity index (χ4v) is 4.44. The Kier molecular flexibility index (Phi) is 7.01. The predicted molar refractivity (Wildman–Crippen MR) is 103 cm³/mol. The molecule has 1 aliphatic rings. The summed E-state index contributed by atoms with van der Waals surface area (Å²) in [5.74, 6) is -0.0462. The van der Waals surface area contributed by atoms with Gasteiger partial charge in [0.15, 0.2) is 0 Å². The maximum absolute atomic E-state index is 12.4. The van der Waals surface area contributed by atoms with Gasteiger partial charge in [0.2, 0.25) is 5.91 Å². The molecule has 1 saturated heterocycles. The summed E-state index contributed by atoms with van der Waals surface area (Å²) in [5.41, 5.74) is 0.851. The largest absolute Gasteiger partial charge is 0.358 e. The minimum absolute atomic E-state index is 0.0462. The van der Waals surface area contributed by atoms with Crippen LogP contribution in [0.4, 0.5) is 0 Å². The molecule has 0 saturated carbocycles. The lowest BCUT2D eigenvalue weighted by Crippen LogP contribution is -2.35. The summed E-state index contributed by atoms with van der Waals surface area (Å²) in [4.78, 5) is 14.5. The van der Waals surface area contributed by atoms with Gasteiger partial charge in [0.25, 0.3) is 0 Å². The molecule has 0 aromatic heterocycles. The summed E-state index contributed by atoms with van der Waals surface area (Å²) >= 11 is 19.0. The number of halogens is 2. The van der Waals surface area contributed by atoms with E-state index in [1.54, 1.807) is 12.1 Å². The fourth-order valence-electron chi connectivity index (χ4n) is 2.44. The third-order valence-electron chi connectivity index (χ3n) is 3.80. The van der Waals surface area contributed by atoms with Crippen LogP contribution in [0, 0.1) is 0 Å². The van der Waals surface area contributed by atoms with Crippen molar-refractivity contribution >= 4 is 57.4 Å². The third kappa shape index (κ3) is 5.24. The smallest absolute Gasteiger partial charge is 0.233 e. The van der Waals surface area contributed by atoms with Gasteiger partial charge >= 0.3 is 0 Å². The number of rotatable bonds is 4. The number of nitrogens with one attached hydrogen (secondary N) is 1. The molecule has 0 spiro atoms. The number of carbonyl (C=O) groups excluding carboxylic acids is 1. The average Bonchev–Trinajstić information content (AvgIpc) is 3.01. The number of amides is 1. The van der Waals surface area contributed by atoms with Crippen molar-refractivity contribution in [2.45, 2.75) is 38.0 Å². The maximum Gasteiger partial charge on any atom is 0.233 e. The molecule has 2 rings (SSSR count). The Bertz CT molecular complexity index is 591. The Balaban J connectivity index is 1.90. The molecule has 2 atom stereocenters. The molecule has 23 heavy (non-hydrogen) atoms. The van der Waals surface area contributed by atoms with E-state index in [0.29, 0.717) is 10.0 Å². The summed E-state index contributed by atoms with van der Waals surface area (Å²) in [5, 5.41) is 3.88. The molecule has 0 aliphatic carbocycles. The molecule has 1 heterocycles. The lowest BCUT2D eigenvalue weighted by Gasteiger charge is -2.22. The first-order valence-corrected chi connectivity index (χ1v) is 9.63. The minimum atomic E-state index is -0.239. The van der Waals surface area contributed by atoms with Crippen molar-refractivity contribution in [3.05, 3.63) is 33.8 Å². The molecule has 0 radical (unpaired) electrons. The predicted octanol–water partition coefficient (Wildman–Crippen LogP) is 4.67. The molecule has 1 aromatic carbocycles. The van der Waals surface area contributed by atoms with Crippen molar-refractivity contribution in [3.8, 4) is 0 Å². The van der Waals surface area contributed by atoms with Crippen molar-refractivity contribution in [1.82, 2.24) is 10.2 Å². The van der Waals surface area contributed by atoms with Crippen LogP contribution in [-0.2, 0) is 4.79 Å². The van der Waals surface area contributed by atoms with E-state index in [1.807, 2.05) is 19.9 Å². The van der Waals surface area contributed by atoms with Crippen LogP contribution >= 0.6 is 47.2 Å². The topological polar surface area (TPSA) is 32.3 Å². The standard InChI is InChI=1S/C16H20Cl2N2OS2/c1-10(13-6-5-12(17)9-14(13)18)19-15(21)11(2)23-16(22)20-7-3-4-8-20/h5-6,9-11H,3-4,7-8H2,1-2H3,(H,19,21). The number of hydrogen-bond donors (Lipinski definition) is 1. The molecule has 3 nitrogen and oxygen atoms in total. The van der Waals surface area contributed by atoms with E-state index in [4.69, 9.17) is 35.4 Å². The molecule has 1 amide bonds. The minimum Gasteiger partial charge on any atom is -0.358 e. The zero-order valence-corrected chi connectivity index (χ0v) is 16.3. The van der Waals surface area contributed by atoms with Crippen LogP contribution < -0.4 is 5.32 Å². The van der Waals surface area contributed by atoms with Gasteiger partial charge in [-0.05, 0) is 44.4 Å². The Morgan fingerprint density at radius 1 is 1.30 bits per heavy atom. The van der Waals surface area contributed by atoms with Crippen molar-refractivity contribution in [3.63, 3.8) is 0 Å². The van der Waals surface area contributed by atoms with Gasteiger partial charge in [-0.15, -0.1) is 0 Å². The Morgan fingerprint density at radius 2 is 1.96 bits per heavy atom. The monoisotopic (exact) mass is 390 g/mol. The highest BCUT2D eigenvalue weighted by atomic mass is 35.5. The third-order valence-corrected chi connectivity index (χ3v) is 5.94. The molecule has 1 N–H and O–H groups in total. The van der Waals surface area contributed by atoms with E-state index in [9.17, 15) is 4.79 Å². The molecular formula is C16H20Cl2N2OS2. The van der Waals surface area contributed by atoms with Gasteiger partial charge in [-0.25, -0.2) is 0 Å². The van der Waals surface area contributed by atoms with Crippen molar-refractivity contribution in [2.24, 2.45) is 0 Å². The van der Waals surface area contributed by atoms with Crippen LogP contribution in [0.3, 0.4) is 0 Å².